The van der Waals surface area contributed by atoms with E-state index in [4.69, 9.17) is 10.6 Å². The average Bonchev–Trinajstić information content (AvgIpc) is 2.39. The second-order valence-electron chi connectivity index (χ2n) is 4.84. The highest BCUT2D eigenvalue weighted by Gasteiger charge is 2.30. The van der Waals surface area contributed by atoms with E-state index in [1.54, 1.807) is 0 Å². The Bertz CT molecular complexity index is 475. The number of anilines is 1. The maximum absolute atomic E-state index is 13.9. The minimum atomic E-state index is -0.761. The van der Waals surface area contributed by atoms with E-state index >= 15 is 0 Å². The molecule has 0 aliphatic carbocycles. The van der Waals surface area contributed by atoms with Gasteiger partial charge in [-0.25, -0.2) is 15.2 Å². The molecule has 0 spiro atoms. The number of ether oxygens (including phenoxy) is 1. The SMILES string of the molecule is CC1(NC(=O)c2ccnc(NN)c2F)CCCOC1. The molecule has 2 heterocycles. The molecule has 19 heavy (non-hydrogen) atoms. The summed E-state index contributed by atoms with van der Waals surface area (Å²) in [4.78, 5) is 15.8. The van der Waals surface area contributed by atoms with Gasteiger partial charge in [0.1, 0.15) is 0 Å². The monoisotopic (exact) mass is 268 g/mol. The number of nitrogens with one attached hydrogen (secondary N) is 2. The van der Waals surface area contributed by atoms with Crippen LogP contribution in [0.3, 0.4) is 0 Å². The fourth-order valence-corrected chi connectivity index (χ4v) is 2.09. The van der Waals surface area contributed by atoms with Gasteiger partial charge in [0.2, 0.25) is 0 Å². The molecule has 0 aromatic carbocycles. The zero-order valence-electron chi connectivity index (χ0n) is 10.7. The molecular formula is C12H17FN4O2. The molecule has 1 aliphatic heterocycles. The predicted molar refractivity (Wildman–Crippen MR) is 67.9 cm³/mol. The molecule has 0 radical (unpaired) electrons. The minimum Gasteiger partial charge on any atom is -0.379 e. The maximum atomic E-state index is 13.9. The topological polar surface area (TPSA) is 89.3 Å². The second kappa shape index (κ2) is 5.50. The Morgan fingerprint density at radius 3 is 3.05 bits per heavy atom. The molecule has 0 saturated carbocycles. The number of pyridine rings is 1. The van der Waals surface area contributed by atoms with E-state index in [0.29, 0.717) is 13.2 Å². The van der Waals surface area contributed by atoms with Crippen molar-refractivity contribution in [2.45, 2.75) is 25.3 Å². The van der Waals surface area contributed by atoms with Crippen LogP contribution in [0.5, 0.6) is 0 Å². The van der Waals surface area contributed by atoms with Crippen LogP contribution >= 0.6 is 0 Å². The van der Waals surface area contributed by atoms with Crippen LogP contribution in [0.4, 0.5) is 10.2 Å². The predicted octanol–water partition coefficient (Wildman–Crippen LogP) is 0.805. The van der Waals surface area contributed by atoms with Crippen molar-refractivity contribution in [2.75, 3.05) is 18.6 Å². The summed E-state index contributed by atoms with van der Waals surface area (Å²) < 4.78 is 19.2. The highest BCUT2D eigenvalue weighted by molar-refractivity contribution is 5.95. The van der Waals surface area contributed by atoms with Crippen molar-refractivity contribution >= 4 is 11.7 Å². The van der Waals surface area contributed by atoms with Crippen LogP contribution in [0.1, 0.15) is 30.1 Å². The van der Waals surface area contributed by atoms with E-state index in [2.05, 4.69) is 15.7 Å². The molecule has 1 saturated heterocycles. The first kappa shape index (κ1) is 13.7. The number of hydrazine groups is 1. The number of amides is 1. The number of hydrogen-bond donors (Lipinski definition) is 3. The first-order valence-electron chi connectivity index (χ1n) is 6.07. The summed E-state index contributed by atoms with van der Waals surface area (Å²) in [5.74, 6) is 3.71. The number of nitrogen functional groups attached to an aromatic ring is 1. The van der Waals surface area contributed by atoms with Crippen LogP contribution < -0.4 is 16.6 Å². The number of rotatable bonds is 3. The number of carbonyl (C=O) groups excluding carboxylic acids is 1. The lowest BCUT2D eigenvalue weighted by atomic mass is 9.94. The van der Waals surface area contributed by atoms with Crippen molar-refractivity contribution in [1.29, 1.82) is 0 Å². The van der Waals surface area contributed by atoms with Crippen molar-refractivity contribution in [3.63, 3.8) is 0 Å². The molecule has 2 rings (SSSR count). The van der Waals surface area contributed by atoms with E-state index in [-0.39, 0.29) is 11.4 Å². The van der Waals surface area contributed by atoms with E-state index in [9.17, 15) is 9.18 Å². The fourth-order valence-electron chi connectivity index (χ4n) is 2.09. The number of aromatic nitrogens is 1. The quantitative estimate of drug-likeness (QED) is 0.557. The molecule has 104 valence electrons. The molecule has 7 heteroatoms. The Hall–Kier alpha value is -1.73. The molecule has 4 N–H and O–H groups in total. The lowest BCUT2D eigenvalue weighted by molar-refractivity contribution is 0.0271. The van der Waals surface area contributed by atoms with Gasteiger partial charge in [-0.3, -0.25) is 4.79 Å². The summed E-state index contributed by atoms with van der Waals surface area (Å²) in [6, 6.07) is 1.32. The van der Waals surface area contributed by atoms with Crippen molar-refractivity contribution < 1.29 is 13.9 Å². The van der Waals surface area contributed by atoms with Crippen molar-refractivity contribution in [1.82, 2.24) is 10.3 Å². The van der Waals surface area contributed by atoms with Gasteiger partial charge in [0, 0.05) is 12.8 Å². The van der Waals surface area contributed by atoms with Gasteiger partial charge in [-0.1, -0.05) is 0 Å². The summed E-state index contributed by atoms with van der Waals surface area (Å²) in [6.45, 7) is 3.00. The highest BCUT2D eigenvalue weighted by Crippen LogP contribution is 2.20. The maximum Gasteiger partial charge on any atom is 0.254 e. The molecule has 1 aliphatic rings. The molecule has 1 unspecified atom stereocenters. The zero-order valence-corrected chi connectivity index (χ0v) is 10.7. The van der Waals surface area contributed by atoms with Crippen LogP contribution in [-0.4, -0.2) is 29.6 Å². The Kier molecular flexibility index (Phi) is 3.96. The van der Waals surface area contributed by atoms with Gasteiger partial charge in [0.05, 0.1) is 17.7 Å². The average molecular weight is 268 g/mol. The molecule has 0 bridgehead atoms. The van der Waals surface area contributed by atoms with Gasteiger partial charge >= 0.3 is 0 Å². The Morgan fingerprint density at radius 1 is 1.63 bits per heavy atom. The molecule has 1 amide bonds. The summed E-state index contributed by atoms with van der Waals surface area (Å²) in [5, 5.41) is 2.80. The minimum absolute atomic E-state index is 0.0882. The zero-order chi connectivity index (χ0) is 13.9. The summed E-state index contributed by atoms with van der Waals surface area (Å²) in [7, 11) is 0. The Labute approximate surface area is 110 Å². The van der Waals surface area contributed by atoms with Crippen LogP contribution in [0, 0.1) is 5.82 Å². The lowest BCUT2D eigenvalue weighted by Gasteiger charge is -2.34. The second-order valence-corrected chi connectivity index (χ2v) is 4.84. The van der Waals surface area contributed by atoms with Crippen molar-refractivity contribution in [3.05, 3.63) is 23.6 Å². The van der Waals surface area contributed by atoms with Crippen LogP contribution in [0.2, 0.25) is 0 Å². The van der Waals surface area contributed by atoms with Gasteiger partial charge in [-0.15, -0.1) is 0 Å². The van der Waals surface area contributed by atoms with Crippen molar-refractivity contribution in [3.8, 4) is 0 Å². The normalized spacial score (nSPS) is 22.9. The van der Waals surface area contributed by atoms with Gasteiger partial charge in [-0.2, -0.15) is 0 Å². The van der Waals surface area contributed by atoms with Crippen LogP contribution in [-0.2, 0) is 4.74 Å². The first-order valence-corrected chi connectivity index (χ1v) is 6.07. The van der Waals surface area contributed by atoms with Gasteiger partial charge in [0.15, 0.2) is 11.6 Å². The summed E-state index contributed by atoms with van der Waals surface area (Å²) >= 11 is 0. The van der Waals surface area contributed by atoms with Crippen molar-refractivity contribution in [2.24, 2.45) is 5.84 Å². The number of hydrogen-bond acceptors (Lipinski definition) is 5. The van der Waals surface area contributed by atoms with Crippen LogP contribution in [0.15, 0.2) is 12.3 Å². The number of nitrogens with two attached hydrogens (primary N) is 1. The van der Waals surface area contributed by atoms with E-state index in [0.717, 1.165) is 12.8 Å². The van der Waals surface area contributed by atoms with Crippen LogP contribution in [0.25, 0.3) is 0 Å². The number of nitrogens with zero attached hydrogens (tertiary/aromatic N) is 1. The molecular weight excluding hydrogens is 251 g/mol. The first-order chi connectivity index (χ1) is 9.06. The van der Waals surface area contributed by atoms with Gasteiger partial charge in [-0.05, 0) is 25.8 Å². The van der Waals surface area contributed by atoms with Gasteiger partial charge in [0.25, 0.3) is 5.91 Å². The smallest absolute Gasteiger partial charge is 0.254 e. The van der Waals surface area contributed by atoms with E-state index < -0.39 is 17.3 Å². The summed E-state index contributed by atoms with van der Waals surface area (Å²) in [6.07, 6.45) is 2.99. The number of carbonyl (C=O) groups is 1. The molecule has 6 nitrogen and oxygen atoms in total. The lowest BCUT2D eigenvalue weighted by Crippen LogP contribution is -2.51. The molecule has 1 aromatic rings. The van der Waals surface area contributed by atoms with E-state index in [1.165, 1.54) is 12.3 Å². The highest BCUT2D eigenvalue weighted by atomic mass is 19.1. The molecule has 1 aromatic heterocycles. The Balaban J connectivity index is 2.16. The van der Waals surface area contributed by atoms with Gasteiger partial charge < -0.3 is 15.5 Å². The third kappa shape index (κ3) is 2.99. The third-order valence-electron chi connectivity index (χ3n) is 3.12. The molecule has 1 atom stereocenters. The largest absolute Gasteiger partial charge is 0.379 e. The summed E-state index contributed by atoms with van der Waals surface area (Å²) in [5.41, 5.74) is 1.55. The molecule has 1 fully saturated rings. The fraction of sp³-hybridized carbons (Fsp3) is 0.500. The number of halogens is 1. The standard InChI is InChI=1S/C12H17FN4O2/c1-12(4-2-6-19-7-12)16-11(18)8-3-5-15-10(17-14)9(8)13/h3,5H,2,4,6-7,14H2,1H3,(H,15,17)(H,16,18). The Morgan fingerprint density at radius 2 is 2.42 bits per heavy atom. The van der Waals surface area contributed by atoms with E-state index in [1.807, 2.05) is 6.92 Å². The third-order valence-corrected chi connectivity index (χ3v) is 3.12.